The van der Waals surface area contributed by atoms with Gasteiger partial charge in [0.1, 0.15) is 5.75 Å². The fourth-order valence-corrected chi connectivity index (χ4v) is 2.80. The molecule has 1 aromatic carbocycles. The summed E-state index contributed by atoms with van der Waals surface area (Å²) in [5, 5.41) is 15.4. The number of carbonyl (C=O) groups is 1. The van der Waals surface area contributed by atoms with Crippen LogP contribution in [0.3, 0.4) is 0 Å². The van der Waals surface area contributed by atoms with Crippen LogP contribution in [0.25, 0.3) is 0 Å². The predicted octanol–water partition coefficient (Wildman–Crippen LogP) is 2.88. The van der Waals surface area contributed by atoms with Crippen LogP contribution in [-0.4, -0.2) is 29.4 Å². The fraction of sp³-hybridized carbons (Fsp3) is 0.611. The van der Waals surface area contributed by atoms with E-state index >= 15 is 0 Å². The number of amides is 2. The molecule has 0 radical (unpaired) electrons. The molecular weight excluding hydrogens is 292 g/mol. The number of urea groups is 1. The number of carbonyl (C=O) groups excluding carboxylic acids is 1. The maximum atomic E-state index is 12.0. The number of aliphatic hydroxyl groups is 1. The van der Waals surface area contributed by atoms with Gasteiger partial charge in [0.15, 0.2) is 0 Å². The van der Waals surface area contributed by atoms with Gasteiger partial charge in [0.05, 0.1) is 12.2 Å². The van der Waals surface area contributed by atoms with Crippen LogP contribution in [-0.2, 0) is 6.54 Å². The lowest BCUT2D eigenvalue weighted by Crippen LogP contribution is -2.43. The lowest BCUT2D eigenvalue weighted by atomic mass is 9.93. The number of aliphatic hydroxyl groups excluding tert-OH is 1. The molecule has 2 amide bonds. The van der Waals surface area contributed by atoms with E-state index in [-0.39, 0.29) is 24.3 Å². The van der Waals surface area contributed by atoms with Crippen LogP contribution in [0.1, 0.15) is 50.7 Å². The van der Waals surface area contributed by atoms with Crippen LogP contribution in [0.4, 0.5) is 4.79 Å². The third kappa shape index (κ3) is 5.75. The Balaban J connectivity index is 1.86. The van der Waals surface area contributed by atoms with Crippen molar-refractivity contribution in [3.63, 3.8) is 0 Å². The number of benzene rings is 1. The molecule has 128 valence electrons. The van der Waals surface area contributed by atoms with Gasteiger partial charge < -0.3 is 20.5 Å². The molecule has 0 saturated heterocycles. The highest BCUT2D eigenvalue weighted by atomic mass is 16.5. The average Bonchev–Trinajstić information content (AvgIpc) is 2.48. The number of aryl methyl sites for hydroxylation is 1. The third-order valence-electron chi connectivity index (χ3n) is 4.06. The van der Waals surface area contributed by atoms with E-state index in [2.05, 4.69) is 10.6 Å². The minimum atomic E-state index is -0.209. The summed E-state index contributed by atoms with van der Waals surface area (Å²) in [5.41, 5.74) is 2.10. The molecule has 1 aromatic rings. The lowest BCUT2D eigenvalue weighted by molar-refractivity contribution is 0.117. The van der Waals surface area contributed by atoms with Crippen LogP contribution in [0.15, 0.2) is 18.2 Å². The van der Waals surface area contributed by atoms with Crippen LogP contribution >= 0.6 is 0 Å². The minimum absolute atomic E-state index is 0.0954. The van der Waals surface area contributed by atoms with Gasteiger partial charge in [-0.2, -0.15) is 0 Å². The molecule has 5 nitrogen and oxygen atoms in total. The van der Waals surface area contributed by atoms with Crippen molar-refractivity contribution in [2.24, 2.45) is 0 Å². The molecule has 0 aromatic heterocycles. The normalized spacial score (nSPS) is 21.1. The van der Waals surface area contributed by atoms with Crippen LogP contribution in [0.5, 0.6) is 5.75 Å². The topological polar surface area (TPSA) is 70.6 Å². The average molecular weight is 320 g/mol. The van der Waals surface area contributed by atoms with E-state index in [4.69, 9.17) is 4.74 Å². The van der Waals surface area contributed by atoms with E-state index in [1.165, 1.54) is 0 Å². The standard InChI is InChI=1S/C18H28N2O3/c1-12(2)23-17-10-13(3)4-5-14(17)11-19-18(22)20-15-6-8-16(21)9-7-15/h4-5,10,12,15-16,21H,6-9,11H2,1-3H3,(H2,19,20,22). The van der Waals surface area contributed by atoms with E-state index in [0.717, 1.165) is 42.6 Å². The summed E-state index contributed by atoms with van der Waals surface area (Å²) in [4.78, 5) is 12.0. The summed E-state index contributed by atoms with van der Waals surface area (Å²) in [5.74, 6) is 0.820. The Morgan fingerprint density at radius 1 is 1.30 bits per heavy atom. The monoisotopic (exact) mass is 320 g/mol. The van der Waals surface area contributed by atoms with Gasteiger partial charge in [-0.3, -0.25) is 0 Å². The third-order valence-corrected chi connectivity index (χ3v) is 4.06. The van der Waals surface area contributed by atoms with E-state index in [0.29, 0.717) is 6.54 Å². The summed E-state index contributed by atoms with van der Waals surface area (Å²) in [7, 11) is 0. The van der Waals surface area contributed by atoms with Crippen LogP contribution in [0, 0.1) is 6.92 Å². The molecular formula is C18H28N2O3. The van der Waals surface area contributed by atoms with Crippen molar-refractivity contribution < 1.29 is 14.6 Å². The second kappa shape index (κ2) is 8.20. The molecule has 1 aliphatic carbocycles. The Morgan fingerprint density at radius 2 is 2.00 bits per heavy atom. The van der Waals surface area contributed by atoms with E-state index in [9.17, 15) is 9.90 Å². The van der Waals surface area contributed by atoms with Crippen molar-refractivity contribution in [2.75, 3.05) is 0 Å². The molecule has 0 unspecified atom stereocenters. The van der Waals surface area contributed by atoms with E-state index in [1.54, 1.807) is 0 Å². The highest BCUT2D eigenvalue weighted by molar-refractivity contribution is 5.74. The summed E-state index contributed by atoms with van der Waals surface area (Å²) in [6.45, 7) is 6.44. The SMILES string of the molecule is Cc1ccc(CNC(=O)NC2CCC(O)CC2)c(OC(C)C)c1. The Hall–Kier alpha value is -1.75. The smallest absolute Gasteiger partial charge is 0.315 e. The van der Waals surface area contributed by atoms with E-state index < -0.39 is 0 Å². The molecule has 1 fully saturated rings. The molecule has 0 aliphatic heterocycles. The maximum absolute atomic E-state index is 12.0. The van der Waals surface area contributed by atoms with Crippen LogP contribution in [0.2, 0.25) is 0 Å². The molecule has 1 aliphatic rings. The lowest BCUT2D eigenvalue weighted by Gasteiger charge is -2.26. The van der Waals surface area contributed by atoms with Crippen molar-refractivity contribution >= 4 is 6.03 Å². The molecule has 5 heteroatoms. The van der Waals surface area contributed by atoms with Gasteiger partial charge in [-0.1, -0.05) is 12.1 Å². The summed E-state index contributed by atoms with van der Waals surface area (Å²) in [6, 6.07) is 6.00. The first kappa shape index (κ1) is 17.6. The number of nitrogens with one attached hydrogen (secondary N) is 2. The molecule has 2 rings (SSSR count). The molecule has 3 N–H and O–H groups in total. The van der Waals surface area contributed by atoms with Gasteiger partial charge in [0.2, 0.25) is 0 Å². The fourth-order valence-electron chi connectivity index (χ4n) is 2.80. The second-order valence-electron chi connectivity index (χ2n) is 6.61. The summed E-state index contributed by atoms with van der Waals surface area (Å²) >= 11 is 0. The summed E-state index contributed by atoms with van der Waals surface area (Å²) in [6.07, 6.45) is 3.07. The van der Waals surface area contributed by atoms with Crippen molar-refractivity contribution in [3.05, 3.63) is 29.3 Å². The zero-order valence-electron chi connectivity index (χ0n) is 14.3. The van der Waals surface area contributed by atoms with Crippen LogP contribution < -0.4 is 15.4 Å². The number of ether oxygens (including phenoxy) is 1. The second-order valence-corrected chi connectivity index (χ2v) is 6.61. The number of hydrogen-bond donors (Lipinski definition) is 3. The van der Waals surface area contributed by atoms with Crippen molar-refractivity contribution in [1.29, 1.82) is 0 Å². The molecule has 0 atom stereocenters. The minimum Gasteiger partial charge on any atom is -0.491 e. The molecule has 23 heavy (non-hydrogen) atoms. The first-order valence-electron chi connectivity index (χ1n) is 8.42. The zero-order valence-corrected chi connectivity index (χ0v) is 14.3. The molecule has 0 bridgehead atoms. The maximum Gasteiger partial charge on any atom is 0.315 e. The van der Waals surface area contributed by atoms with Crippen molar-refractivity contribution in [3.8, 4) is 5.75 Å². The number of hydrogen-bond acceptors (Lipinski definition) is 3. The van der Waals surface area contributed by atoms with Gasteiger partial charge in [0.25, 0.3) is 0 Å². The first-order chi connectivity index (χ1) is 10.9. The van der Waals surface area contributed by atoms with Gasteiger partial charge in [-0.05, 0) is 58.1 Å². The molecule has 0 spiro atoms. The Morgan fingerprint density at radius 3 is 2.65 bits per heavy atom. The Bertz CT molecular complexity index is 523. The quantitative estimate of drug-likeness (QED) is 0.781. The van der Waals surface area contributed by atoms with Crippen molar-refractivity contribution in [1.82, 2.24) is 10.6 Å². The predicted molar refractivity (Wildman–Crippen MR) is 90.6 cm³/mol. The van der Waals surface area contributed by atoms with Crippen molar-refractivity contribution in [2.45, 2.75) is 71.2 Å². The number of rotatable bonds is 5. The Labute approximate surface area is 138 Å². The largest absolute Gasteiger partial charge is 0.491 e. The highest BCUT2D eigenvalue weighted by Crippen LogP contribution is 2.22. The van der Waals surface area contributed by atoms with Gasteiger partial charge >= 0.3 is 6.03 Å². The summed E-state index contributed by atoms with van der Waals surface area (Å²) < 4.78 is 5.82. The van der Waals surface area contributed by atoms with Gasteiger partial charge in [-0.15, -0.1) is 0 Å². The molecule has 1 saturated carbocycles. The molecule has 0 heterocycles. The Kier molecular flexibility index (Phi) is 6.28. The van der Waals surface area contributed by atoms with Gasteiger partial charge in [-0.25, -0.2) is 4.79 Å². The van der Waals surface area contributed by atoms with E-state index in [1.807, 2.05) is 39.0 Å². The zero-order chi connectivity index (χ0) is 16.8. The highest BCUT2D eigenvalue weighted by Gasteiger charge is 2.20. The first-order valence-corrected chi connectivity index (χ1v) is 8.42. The van der Waals surface area contributed by atoms with Gasteiger partial charge in [0, 0.05) is 18.2 Å².